The standard InChI is InChI=1S/C21H29FN6O2/c1-12(2)30-19-7-14-16(8-15(19)22)25-26-21(14)13(3)6-20(24-11-23)28-9-17(27(4)5)18(29)10-28/h6-8,11-12,17-18,29H,3,9-10H2,1-2,4-5H3,(H2,23,24)(H,25,26)/b20-6+/t17-,18-/m0/s1. The molecule has 9 heteroatoms. The Morgan fingerprint density at radius 2 is 2.20 bits per heavy atom. The number of likely N-dealkylation sites (N-methyl/N-ethyl adjacent to an activating group) is 1. The highest BCUT2D eigenvalue weighted by molar-refractivity contribution is 5.93. The summed E-state index contributed by atoms with van der Waals surface area (Å²) in [4.78, 5) is 8.19. The Labute approximate surface area is 175 Å². The van der Waals surface area contributed by atoms with Crippen LogP contribution in [0.25, 0.3) is 16.5 Å². The van der Waals surface area contributed by atoms with Crippen molar-refractivity contribution in [2.75, 3.05) is 27.2 Å². The molecule has 2 aromatic rings. The first-order valence-electron chi connectivity index (χ1n) is 9.80. The third kappa shape index (κ3) is 4.47. The summed E-state index contributed by atoms with van der Waals surface area (Å²) in [6.07, 6.45) is 2.30. The molecule has 162 valence electrons. The Balaban J connectivity index is 1.94. The maximum Gasteiger partial charge on any atom is 0.167 e. The van der Waals surface area contributed by atoms with Crippen LogP contribution in [0.3, 0.4) is 0 Å². The molecule has 0 aliphatic carbocycles. The number of aliphatic imine (C=N–C) groups is 1. The number of allylic oxidation sites excluding steroid dienone is 2. The summed E-state index contributed by atoms with van der Waals surface area (Å²) in [5, 5.41) is 18.2. The fourth-order valence-corrected chi connectivity index (χ4v) is 3.58. The van der Waals surface area contributed by atoms with E-state index in [1.807, 2.05) is 37.7 Å². The van der Waals surface area contributed by atoms with Gasteiger partial charge in [0.2, 0.25) is 0 Å². The molecule has 30 heavy (non-hydrogen) atoms. The summed E-state index contributed by atoms with van der Waals surface area (Å²) < 4.78 is 19.8. The van der Waals surface area contributed by atoms with E-state index >= 15 is 0 Å². The van der Waals surface area contributed by atoms with Crippen molar-refractivity contribution in [3.8, 4) is 5.75 Å². The van der Waals surface area contributed by atoms with Crippen LogP contribution in [0.2, 0.25) is 0 Å². The normalized spacial score (nSPS) is 20.3. The molecule has 0 bridgehead atoms. The zero-order valence-corrected chi connectivity index (χ0v) is 17.8. The number of benzene rings is 1. The van der Waals surface area contributed by atoms with E-state index in [0.29, 0.717) is 41.1 Å². The van der Waals surface area contributed by atoms with Crippen molar-refractivity contribution in [2.45, 2.75) is 32.1 Å². The lowest BCUT2D eigenvalue weighted by Crippen LogP contribution is -2.37. The van der Waals surface area contributed by atoms with Gasteiger partial charge in [0.1, 0.15) is 5.82 Å². The van der Waals surface area contributed by atoms with E-state index in [1.54, 1.807) is 12.1 Å². The van der Waals surface area contributed by atoms with Gasteiger partial charge in [-0.15, -0.1) is 0 Å². The Morgan fingerprint density at radius 1 is 1.47 bits per heavy atom. The number of nitrogens with zero attached hydrogens (tertiary/aromatic N) is 4. The molecule has 1 fully saturated rings. The average Bonchev–Trinajstić information content (AvgIpc) is 3.24. The van der Waals surface area contributed by atoms with Crippen LogP contribution < -0.4 is 10.5 Å². The number of fused-ring (bicyclic) bond motifs is 1. The number of likely N-dealkylation sites (tertiary alicyclic amines) is 1. The van der Waals surface area contributed by atoms with E-state index < -0.39 is 11.9 Å². The van der Waals surface area contributed by atoms with Crippen molar-refractivity contribution in [2.24, 2.45) is 10.7 Å². The lowest BCUT2D eigenvalue weighted by molar-refractivity contribution is 0.113. The Bertz CT molecular complexity index is 981. The molecule has 0 radical (unpaired) electrons. The minimum absolute atomic E-state index is 0.0143. The van der Waals surface area contributed by atoms with Gasteiger partial charge in [0, 0.05) is 24.5 Å². The number of rotatable bonds is 7. The number of nitrogens with one attached hydrogen (secondary N) is 1. The van der Waals surface area contributed by atoms with Crippen LogP contribution in [-0.4, -0.2) is 76.9 Å². The van der Waals surface area contributed by atoms with Crippen LogP contribution in [0.1, 0.15) is 19.5 Å². The fourth-order valence-electron chi connectivity index (χ4n) is 3.58. The smallest absolute Gasteiger partial charge is 0.167 e. The number of nitrogens with two attached hydrogens (primary N) is 1. The molecule has 8 nitrogen and oxygen atoms in total. The largest absolute Gasteiger partial charge is 0.488 e. The molecule has 0 saturated carbocycles. The van der Waals surface area contributed by atoms with E-state index in [9.17, 15) is 9.50 Å². The summed E-state index contributed by atoms with van der Waals surface area (Å²) in [6, 6.07) is 2.97. The maximum atomic E-state index is 14.3. The molecular formula is C21H29FN6O2. The summed E-state index contributed by atoms with van der Waals surface area (Å²) in [6.45, 7) is 8.82. The number of aliphatic hydroxyl groups excluding tert-OH is 1. The lowest BCUT2D eigenvalue weighted by atomic mass is 10.1. The number of aromatic nitrogens is 2. The highest BCUT2D eigenvalue weighted by atomic mass is 19.1. The van der Waals surface area contributed by atoms with E-state index in [0.717, 1.165) is 0 Å². The Kier molecular flexibility index (Phi) is 6.42. The summed E-state index contributed by atoms with van der Waals surface area (Å²) in [7, 11) is 3.86. The van der Waals surface area contributed by atoms with Crippen LogP contribution in [-0.2, 0) is 0 Å². The van der Waals surface area contributed by atoms with Crippen molar-refractivity contribution in [3.63, 3.8) is 0 Å². The van der Waals surface area contributed by atoms with Crippen molar-refractivity contribution in [1.82, 2.24) is 20.0 Å². The first kappa shape index (κ1) is 21.8. The summed E-state index contributed by atoms with van der Waals surface area (Å²) in [5.41, 5.74) is 7.23. The fraction of sp³-hybridized carbons (Fsp3) is 0.429. The number of hydrogen-bond donors (Lipinski definition) is 3. The second-order valence-electron chi connectivity index (χ2n) is 7.88. The molecule has 0 unspecified atom stereocenters. The molecule has 2 heterocycles. The second kappa shape index (κ2) is 8.85. The van der Waals surface area contributed by atoms with Crippen LogP contribution in [0.5, 0.6) is 5.75 Å². The van der Waals surface area contributed by atoms with Crippen LogP contribution >= 0.6 is 0 Å². The molecule has 3 rings (SSSR count). The van der Waals surface area contributed by atoms with Gasteiger partial charge >= 0.3 is 0 Å². The Hall–Kier alpha value is -2.91. The van der Waals surface area contributed by atoms with Gasteiger partial charge in [-0.05, 0) is 45.7 Å². The second-order valence-corrected chi connectivity index (χ2v) is 7.88. The molecule has 1 aliphatic heterocycles. The van der Waals surface area contributed by atoms with Gasteiger partial charge in [0.25, 0.3) is 0 Å². The van der Waals surface area contributed by atoms with Crippen molar-refractivity contribution in [3.05, 3.63) is 42.1 Å². The van der Waals surface area contributed by atoms with E-state index in [4.69, 9.17) is 10.5 Å². The van der Waals surface area contributed by atoms with Gasteiger partial charge in [-0.1, -0.05) is 6.58 Å². The first-order valence-corrected chi connectivity index (χ1v) is 9.80. The van der Waals surface area contributed by atoms with Gasteiger partial charge in [-0.25, -0.2) is 9.38 Å². The number of ether oxygens (including phenoxy) is 1. The van der Waals surface area contributed by atoms with E-state index in [2.05, 4.69) is 21.8 Å². The predicted molar refractivity (Wildman–Crippen MR) is 117 cm³/mol. The quantitative estimate of drug-likeness (QED) is 0.362. The van der Waals surface area contributed by atoms with Crippen molar-refractivity contribution >= 4 is 22.8 Å². The zero-order valence-electron chi connectivity index (χ0n) is 17.8. The van der Waals surface area contributed by atoms with Gasteiger partial charge < -0.3 is 25.4 Å². The highest BCUT2D eigenvalue weighted by Gasteiger charge is 2.33. The van der Waals surface area contributed by atoms with Crippen LogP contribution in [0.15, 0.2) is 35.6 Å². The molecule has 2 atom stereocenters. The van der Waals surface area contributed by atoms with Crippen molar-refractivity contribution < 1.29 is 14.2 Å². The molecule has 4 N–H and O–H groups in total. The average molecular weight is 417 g/mol. The minimum Gasteiger partial charge on any atom is -0.488 e. The number of halogens is 1. The third-order valence-electron chi connectivity index (χ3n) is 5.04. The zero-order chi connectivity index (χ0) is 22.0. The van der Waals surface area contributed by atoms with E-state index in [-0.39, 0.29) is 17.9 Å². The number of aliphatic hydroxyl groups is 1. The molecule has 0 amide bonds. The number of aromatic amines is 1. The van der Waals surface area contributed by atoms with Gasteiger partial charge in [-0.2, -0.15) is 5.10 Å². The Morgan fingerprint density at radius 3 is 2.80 bits per heavy atom. The number of H-pyrrole nitrogens is 1. The topological polar surface area (TPSA) is 103 Å². The van der Waals surface area contributed by atoms with Crippen molar-refractivity contribution in [1.29, 1.82) is 0 Å². The first-order chi connectivity index (χ1) is 14.2. The van der Waals surface area contributed by atoms with Gasteiger partial charge in [-0.3, -0.25) is 5.10 Å². The van der Waals surface area contributed by atoms with E-state index in [1.165, 1.54) is 12.4 Å². The molecule has 1 aromatic heterocycles. The highest BCUT2D eigenvalue weighted by Crippen LogP contribution is 2.31. The van der Waals surface area contributed by atoms with Gasteiger partial charge in [0.15, 0.2) is 11.6 Å². The summed E-state index contributed by atoms with van der Waals surface area (Å²) in [5.74, 6) is 0.276. The third-order valence-corrected chi connectivity index (χ3v) is 5.04. The molecule has 1 aromatic carbocycles. The van der Waals surface area contributed by atoms with Gasteiger partial charge in [0.05, 0.1) is 35.8 Å². The lowest BCUT2D eigenvalue weighted by Gasteiger charge is -2.22. The molecule has 1 aliphatic rings. The maximum absolute atomic E-state index is 14.3. The molecular weight excluding hydrogens is 387 g/mol. The summed E-state index contributed by atoms with van der Waals surface area (Å²) >= 11 is 0. The monoisotopic (exact) mass is 416 g/mol. The number of hydrogen-bond acceptors (Lipinski definition) is 6. The van der Waals surface area contributed by atoms with Crippen LogP contribution in [0.4, 0.5) is 4.39 Å². The molecule has 1 saturated heterocycles. The van der Waals surface area contributed by atoms with Crippen LogP contribution in [0, 0.1) is 5.82 Å². The molecule has 0 spiro atoms. The predicted octanol–water partition coefficient (Wildman–Crippen LogP) is 1.94. The minimum atomic E-state index is -0.505. The number of β-amino-alcohol motifs (C(OH)–C–C–N with tert-alkyl or cyclic N) is 1. The SMILES string of the molecule is C=C(/C=C(\N=C/N)N1C[C@H](O)[C@@H](N(C)C)C1)c1n[nH]c2cc(F)c(OC(C)C)cc12.